The largest absolute Gasteiger partial charge is 0.481 e. The lowest BCUT2D eigenvalue weighted by Crippen LogP contribution is -2.09. The number of carbonyl (C=O) groups excluding carboxylic acids is 1. The van der Waals surface area contributed by atoms with E-state index in [1.165, 1.54) is 25.7 Å². The van der Waals surface area contributed by atoms with Crippen molar-refractivity contribution in [3.8, 4) is 0 Å². The first kappa shape index (κ1) is 21.9. The molecule has 0 saturated heterocycles. The smallest absolute Gasteiger partial charge is 0.303 e. The number of unbranched alkanes of at least 4 members (excludes halogenated alkanes) is 8. The Morgan fingerprint density at radius 3 is 2.22 bits per heavy atom. The summed E-state index contributed by atoms with van der Waals surface area (Å²) >= 11 is 0. The topological polar surface area (TPSA) is 54.4 Å². The van der Waals surface area contributed by atoms with Gasteiger partial charge in [-0.05, 0) is 39.0 Å². The minimum atomic E-state index is -0.692. The number of hydrogen-bond acceptors (Lipinski definition) is 2. The van der Waals surface area contributed by atoms with Crippen LogP contribution in [0.4, 0.5) is 0 Å². The van der Waals surface area contributed by atoms with Crippen LogP contribution in [0.1, 0.15) is 97.3 Å². The number of Topliss-reactive ketones (excluding diaryl/α,β-unsaturated/α-hetero) is 1. The molecule has 0 aliphatic rings. The molecule has 3 nitrogen and oxygen atoms in total. The van der Waals surface area contributed by atoms with E-state index < -0.39 is 5.97 Å². The Hall–Kier alpha value is -1.12. The predicted octanol–water partition coefficient (Wildman–Crippen LogP) is 5.92. The highest BCUT2D eigenvalue weighted by molar-refractivity contribution is 5.78. The Bertz CT molecular complexity index is 334. The summed E-state index contributed by atoms with van der Waals surface area (Å²) in [6.07, 6.45) is 17.8. The number of aliphatic carboxylic acids is 1. The molecule has 0 saturated carbocycles. The van der Waals surface area contributed by atoms with Crippen molar-refractivity contribution in [1.29, 1.82) is 0 Å². The third-order valence-electron chi connectivity index (χ3n) is 4.33. The molecular formula is C20H36O3. The van der Waals surface area contributed by atoms with Crippen LogP contribution >= 0.6 is 0 Å². The Labute approximate surface area is 142 Å². The molecule has 0 amide bonds. The summed E-state index contributed by atoms with van der Waals surface area (Å²) in [7, 11) is 0. The Kier molecular flexibility index (Phi) is 15.0. The fourth-order valence-corrected chi connectivity index (χ4v) is 2.75. The van der Waals surface area contributed by atoms with E-state index in [-0.39, 0.29) is 5.92 Å². The molecule has 0 rings (SSSR count). The Morgan fingerprint density at radius 2 is 1.57 bits per heavy atom. The second-order valence-corrected chi connectivity index (χ2v) is 6.56. The summed E-state index contributed by atoms with van der Waals surface area (Å²) in [4.78, 5) is 22.0. The standard InChI is InChI=1S/C20H36O3/c1-3-4-5-12-15-19(18(2)21)16-13-10-8-6-7-9-11-14-17-20(22)23/h10,13,19H,3-9,11-12,14-17H2,1-2H3,(H,22,23)/b13-10+. The molecule has 3 heteroatoms. The number of hydrogen-bond donors (Lipinski definition) is 1. The van der Waals surface area contributed by atoms with E-state index >= 15 is 0 Å². The van der Waals surface area contributed by atoms with Crippen LogP contribution in [0.3, 0.4) is 0 Å². The van der Waals surface area contributed by atoms with Gasteiger partial charge in [-0.2, -0.15) is 0 Å². The number of carboxylic acids is 1. The molecule has 1 N–H and O–H groups in total. The van der Waals surface area contributed by atoms with Gasteiger partial charge in [-0.25, -0.2) is 0 Å². The summed E-state index contributed by atoms with van der Waals surface area (Å²) in [6, 6.07) is 0. The van der Waals surface area contributed by atoms with E-state index in [0.717, 1.165) is 51.4 Å². The lowest BCUT2D eigenvalue weighted by molar-refractivity contribution is -0.137. The van der Waals surface area contributed by atoms with Gasteiger partial charge in [0.15, 0.2) is 0 Å². The second-order valence-electron chi connectivity index (χ2n) is 6.56. The molecule has 0 radical (unpaired) electrons. The molecule has 0 fully saturated rings. The van der Waals surface area contributed by atoms with Crippen molar-refractivity contribution in [2.45, 2.75) is 97.3 Å². The van der Waals surface area contributed by atoms with Crippen molar-refractivity contribution in [2.24, 2.45) is 5.92 Å². The molecule has 0 aromatic heterocycles. The van der Waals surface area contributed by atoms with Gasteiger partial charge in [-0.1, -0.05) is 64.0 Å². The molecule has 0 aromatic rings. The number of allylic oxidation sites excluding steroid dienone is 2. The normalized spacial score (nSPS) is 12.6. The van der Waals surface area contributed by atoms with Gasteiger partial charge in [-0.3, -0.25) is 9.59 Å². The Morgan fingerprint density at radius 1 is 0.913 bits per heavy atom. The molecule has 1 unspecified atom stereocenters. The highest BCUT2D eigenvalue weighted by Gasteiger charge is 2.11. The number of carbonyl (C=O) groups is 2. The van der Waals surface area contributed by atoms with Gasteiger partial charge in [0.2, 0.25) is 0 Å². The molecular weight excluding hydrogens is 288 g/mol. The molecule has 0 bridgehead atoms. The summed E-state index contributed by atoms with van der Waals surface area (Å²) in [6.45, 7) is 3.92. The van der Waals surface area contributed by atoms with Crippen LogP contribution in [0.2, 0.25) is 0 Å². The summed E-state index contributed by atoms with van der Waals surface area (Å²) in [5, 5.41) is 8.54. The predicted molar refractivity (Wildman–Crippen MR) is 96.6 cm³/mol. The van der Waals surface area contributed by atoms with Gasteiger partial charge < -0.3 is 5.11 Å². The average molecular weight is 325 g/mol. The van der Waals surface area contributed by atoms with E-state index in [1.807, 2.05) is 0 Å². The lowest BCUT2D eigenvalue weighted by atomic mass is 9.93. The first-order valence-electron chi connectivity index (χ1n) is 9.45. The molecule has 1 atom stereocenters. The van der Waals surface area contributed by atoms with E-state index in [4.69, 9.17) is 5.11 Å². The van der Waals surface area contributed by atoms with Crippen molar-refractivity contribution < 1.29 is 14.7 Å². The Balaban J connectivity index is 3.60. The van der Waals surface area contributed by atoms with Crippen molar-refractivity contribution >= 4 is 11.8 Å². The van der Waals surface area contributed by atoms with Crippen molar-refractivity contribution in [3.05, 3.63) is 12.2 Å². The van der Waals surface area contributed by atoms with Crippen LogP contribution in [0.5, 0.6) is 0 Å². The average Bonchev–Trinajstić information content (AvgIpc) is 2.50. The number of rotatable bonds is 16. The highest BCUT2D eigenvalue weighted by atomic mass is 16.4. The van der Waals surface area contributed by atoms with Crippen LogP contribution in [-0.2, 0) is 9.59 Å². The minimum Gasteiger partial charge on any atom is -0.481 e. The molecule has 0 aromatic carbocycles. The number of carboxylic acid groups (broad SMARTS) is 1. The van der Waals surface area contributed by atoms with Gasteiger partial charge in [-0.15, -0.1) is 0 Å². The van der Waals surface area contributed by atoms with Gasteiger partial charge in [0.1, 0.15) is 5.78 Å². The van der Waals surface area contributed by atoms with Crippen LogP contribution in [-0.4, -0.2) is 16.9 Å². The maximum absolute atomic E-state index is 11.6. The molecule has 0 heterocycles. The first-order valence-corrected chi connectivity index (χ1v) is 9.45. The second kappa shape index (κ2) is 15.8. The van der Waals surface area contributed by atoms with E-state index in [1.54, 1.807) is 6.92 Å². The fraction of sp³-hybridized carbons (Fsp3) is 0.800. The van der Waals surface area contributed by atoms with E-state index in [2.05, 4.69) is 19.1 Å². The third-order valence-corrected chi connectivity index (χ3v) is 4.33. The molecule has 0 spiro atoms. The first-order chi connectivity index (χ1) is 11.1. The lowest BCUT2D eigenvalue weighted by Gasteiger charge is -2.10. The van der Waals surface area contributed by atoms with Crippen LogP contribution in [0, 0.1) is 5.92 Å². The zero-order valence-electron chi connectivity index (χ0n) is 15.2. The quantitative estimate of drug-likeness (QED) is 0.283. The fourth-order valence-electron chi connectivity index (χ4n) is 2.75. The SMILES string of the molecule is CCCCCCC(C/C=C/CCCCCCCC(=O)O)C(C)=O. The van der Waals surface area contributed by atoms with Crippen molar-refractivity contribution in [2.75, 3.05) is 0 Å². The minimum absolute atomic E-state index is 0.208. The van der Waals surface area contributed by atoms with E-state index in [0.29, 0.717) is 12.2 Å². The molecule has 23 heavy (non-hydrogen) atoms. The third kappa shape index (κ3) is 15.5. The van der Waals surface area contributed by atoms with Crippen molar-refractivity contribution in [3.63, 3.8) is 0 Å². The van der Waals surface area contributed by atoms with Crippen LogP contribution in [0.25, 0.3) is 0 Å². The van der Waals surface area contributed by atoms with Gasteiger partial charge in [0.25, 0.3) is 0 Å². The summed E-state index contributed by atoms with van der Waals surface area (Å²) < 4.78 is 0. The number of ketones is 1. The van der Waals surface area contributed by atoms with Crippen LogP contribution < -0.4 is 0 Å². The highest BCUT2D eigenvalue weighted by Crippen LogP contribution is 2.16. The van der Waals surface area contributed by atoms with Crippen molar-refractivity contribution in [1.82, 2.24) is 0 Å². The zero-order chi connectivity index (χ0) is 17.3. The molecule has 134 valence electrons. The summed E-state index contributed by atoms with van der Waals surface area (Å²) in [5.41, 5.74) is 0. The molecule has 0 aliphatic heterocycles. The van der Waals surface area contributed by atoms with Gasteiger partial charge in [0, 0.05) is 12.3 Å². The van der Waals surface area contributed by atoms with Gasteiger partial charge in [0.05, 0.1) is 0 Å². The maximum atomic E-state index is 11.6. The molecule has 0 aliphatic carbocycles. The van der Waals surface area contributed by atoms with E-state index in [9.17, 15) is 9.59 Å². The van der Waals surface area contributed by atoms with Crippen LogP contribution in [0.15, 0.2) is 12.2 Å². The maximum Gasteiger partial charge on any atom is 0.303 e. The monoisotopic (exact) mass is 324 g/mol. The zero-order valence-corrected chi connectivity index (χ0v) is 15.2. The summed E-state index contributed by atoms with van der Waals surface area (Å²) in [5.74, 6) is -0.161. The van der Waals surface area contributed by atoms with Gasteiger partial charge >= 0.3 is 5.97 Å².